The molecule has 4 rings (SSSR count). The van der Waals surface area contributed by atoms with Crippen LogP contribution in [0.15, 0.2) is 79.4 Å². The second-order valence-corrected chi connectivity index (χ2v) is 9.44. The second-order valence-electron chi connectivity index (χ2n) is 9.44. The van der Waals surface area contributed by atoms with E-state index >= 15 is 0 Å². The van der Waals surface area contributed by atoms with Gasteiger partial charge in [0.05, 0.1) is 22.5 Å². The van der Waals surface area contributed by atoms with E-state index in [2.05, 4.69) is 6.58 Å². The Balaban J connectivity index is 2.10. The van der Waals surface area contributed by atoms with Crippen LogP contribution in [-0.4, -0.2) is 32.4 Å². The summed E-state index contributed by atoms with van der Waals surface area (Å²) in [7, 11) is 0. The van der Waals surface area contributed by atoms with E-state index in [1.54, 1.807) is 24.3 Å². The van der Waals surface area contributed by atoms with Crippen molar-refractivity contribution in [3.05, 3.63) is 113 Å². The number of hydrogen-bond donors (Lipinski definition) is 8. The lowest BCUT2D eigenvalue weighted by molar-refractivity contribution is 0.0687. The minimum atomic E-state index is -1.33. The summed E-state index contributed by atoms with van der Waals surface area (Å²) >= 11 is 0. The zero-order valence-electron chi connectivity index (χ0n) is 21.3. The number of aromatic carboxylic acids is 2. The molecule has 4 aromatic carbocycles. The fourth-order valence-electron chi connectivity index (χ4n) is 4.82. The average Bonchev–Trinajstić information content (AvgIpc) is 2.91. The average molecular weight is 541 g/mol. The van der Waals surface area contributed by atoms with Crippen LogP contribution in [0.3, 0.4) is 0 Å². The van der Waals surface area contributed by atoms with Crippen LogP contribution in [-0.2, 0) is 11.8 Å². The van der Waals surface area contributed by atoms with Crippen molar-refractivity contribution in [2.45, 2.75) is 11.8 Å². The quantitative estimate of drug-likeness (QED) is 0.118. The first-order valence-corrected chi connectivity index (χ1v) is 12.0. The van der Waals surface area contributed by atoms with Gasteiger partial charge in [-0.1, -0.05) is 30.8 Å². The molecule has 0 spiro atoms. The molecule has 0 amide bonds. The molecule has 0 aliphatic heterocycles. The monoisotopic (exact) mass is 540 g/mol. The van der Waals surface area contributed by atoms with Crippen molar-refractivity contribution in [2.24, 2.45) is 0 Å². The predicted octanol–water partition coefficient (Wildman–Crippen LogP) is 4.07. The minimum absolute atomic E-state index is 0.0475. The summed E-state index contributed by atoms with van der Waals surface area (Å²) in [5.74, 6) is -2.90. The van der Waals surface area contributed by atoms with Crippen molar-refractivity contribution in [1.29, 1.82) is 0 Å². The van der Waals surface area contributed by atoms with Gasteiger partial charge in [-0.2, -0.15) is 0 Å². The molecule has 0 radical (unpaired) electrons. The molecular weight excluding hydrogens is 512 g/mol. The lowest BCUT2D eigenvalue weighted by atomic mass is 9.64. The summed E-state index contributed by atoms with van der Waals surface area (Å²) in [5, 5.41) is 40.7. The van der Waals surface area contributed by atoms with Crippen LogP contribution in [0.25, 0.3) is 5.57 Å². The van der Waals surface area contributed by atoms with E-state index in [4.69, 9.17) is 22.9 Å². The van der Waals surface area contributed by atoms with E-state index in [-0.39, 0.29) is 51.8 Å². The topological polar surface area (TPSA) is 219 Å². The van der Waals surface area contributed by atoms with Gasteiger partial charge in [0.2, 0.25) is 0 Å². The van der Waals surface area contributed by atoms with Crippen molar-refractivity contribution >= 4 is 40.3 Å². The number of phenols is 2. The smallest absolute Gasteiger partial charge is 0.337 e. The normalized spacial score (nSPS) is 11.2. The SMILES string of the molecule is C=C(c1ccc(N)c(C(=O)O)c1)C(Cc1ccc(N)c(C(=O)O)c1)(c1ccc(N)c(O)c1)c1ccc(N)c(O)c1. The van der Waals surface area contributed by atoms with Gasteiger partial charge >= 0.3 is 11.9 Å². The number of carbonyl (C=O) groups is 2. The van der Waals surface area contributed by atoms with Crippen LogP contribution in [0.2, 0.25) is 0 Å². The van der Waals surface area contributed by atoms with Gasteiger partial charge in [0.15, 0.2) is 0 Å². The van der Waals surface area contributed by atoms with Crippen molar-refractivity contribution in [3.8, 4) is 11.5 Å². The molecule has 0 fully saturated rings. The molecule has 0 bridgehead atoms. The Labute approximate surface area is 229 Å². The Morgan fingerprint density at radius 2 is 1.10 bits per heavy atom. The van der Waals surface area contributed by atoms with Crippen molar-refractivity contribution in [2.75, 3.05) is 22.9 Å². The van der Waals surface area contributed by atoms with Gasteiger partial charge in [-0.05, 0) is 82.8 Å². The van der Waals surface area contributed by atoms with Crippen molar-refractivity contribution < 1.29 is 30.0 Å². The fourth-order valence-corrected chi connectivity index (χ4v) is 4.82. The van der Waals surface area contributed by atoms with E-state index in [0.29, 0.717) is 27.8 Å². The van der Waals surface area contributed by atoms with E-state index in [1.165, 1.54) is 48.5 Å². The number of nitrogen functional groups attached to an aromatic ring is 4. The number of aromatic hydroxyl groups is 2. The third kappa shape index (κ3) is 4.81. The van der Waals surface area contributed by atoms with Crippen molar-refractivity contribution in [1.82, 2.24) is 0 Å². The summed E-state index contributed by atoms with van der Waals surface area (Å²) in [5.41, 5.74) is 24.6. The Morgan fingerprint density at radius 3 is 1.57 bits per heavy atom. The standard InChI is InChI=1S/C30H28N4O6/c1-15(17-3-7-23(32)21(11-17)29(39)40)30(18-4-8-24(33)26(35)12-18,19-5-9-25(34)27(36)13-19)14-16-2-6-22(31)20(10-16)28(37)38/h2-13,35-36H,1,14,31-34H2,(H,37,38)(H,39,40). The minimum Gasteiger partial charge on any atom is -0.506 e. The van der Waals surface area contributed by atoms with Crippen LogP contribution in [0.4, 0.5) is 22.7 Å². The number of hydrogen-bond acceptors (Lipinski definition) is 8. The number of allylic oxidation sites excluding steroid dienone is 1. The fraction of sp³-hybridized carbons (Fsp3) is 0.0667. The van der Waals surface area contributed by atoms with Gasteiger partial charge in [0, 0.05) is 16.8 Å². The molecule has 40 heavy (non-hydrogen) atoms. The van der Waals surface area contributed by atoms with Crippen LogP contribution in [0.1, 0.15) is 43.0 Å². The number of phenolic OH excluding ortho intramolecular Hbond substituents is 2. The number of carboxylic acid groups (broad SMARTS) is 2. The first-order valence-electron chi connectivity index (χ1n) is 12.0. The van der Waals surface area contributed by atoms with Crippen LogP contribution >= 0.6 is 0 Å². The lowest BCUT2D eigenvalue weighted by Gasteiger charge is -2.38. The number of anilines is 4. The number of carboxylic acids is 2. The summed E-state index contributed by atoms with van der Waals surface area (Å²) in [4.78, 5) is 23.8. The molecule has 0 unspecified atom stereocenters. The highest BCUT2D eigenvalue weighted by Gasteiger charge is 2.40. The maximum Gasteiger partial charge on any atom is 0.337 e. The largest absolute Gasteiger partial charge is 0.506 e. The Bertz CT molecular complexity index is 1630. The molecule has 0 heterocycles. The van der Waals surface area contributed by atoms with E-state index < -0.39 is 17.4 Å². The highest BCUT2D eigenvalue weighted by molar-refractivity contribution is 5.96. The van der Waals surface area contributed by atoms with Gasteiger partial charge < -0.3 is 43.4 Å². The van der Waals surface area contributed by atoms with E-state index in [9.17, 15) is 30.0 Å². The maximum atomic E-state index is 11.9. The highest BCUT2D eigenvalue weighted by Crippen LogP contribution is 2.49. The van der Waals surface area contributed by atoms with E-state index in [0.717, 1.165) is 0 Å². The molecule has 0 aliphatic carbocycles. The van der Waals surface area contributed by atoms with Crippen LogP contribution < -0.4 is 22.9 Å². The Hall–Kier alpha value is -5.64. The molecular formula is C30H28N4O6. The number of nitrogens with two attached hydrogens (primary N) is 4. The van der Waals surface area contributed by atoms with Gasteiger partial charge in [-0.25, -0.2) is 9.59 Å². The first kappa shape index (κ1) is 27.4. The molecule has 12 N–H and O–H groups in total. The molecule has 0 saturated heterocycles. The zero-order valence-corrected chi connectivity index (χ0v) is 21.3. The molecule has 10 heteroatoms. The Morgan fingerprint density at radius 1 is 0.650 bits per heavy atom. The molecule has 0 aromatic heterocycles. The highest BCUT2D eigenvalue weighted by atomic mass is 16.4. The molecule has 0 atom stereocenters. The predicted molar refractivity (Wildman–Crippen MR) is 154 cm³/mol. The third-order valence-corrected chi connectivity index (χ3v) is 7.01. The summed E-state index contributed by atoms with van der Waals surface area (Å²) in [6.45, 7) is 4.36. The maximum absolute atomic E-state index is 11.9. The van der Waals surface area contributed by atoms with Gasteiger partial charge in [0.25, 0.3) is 0 Å². The van der Waals surface area contributed by atoms with Gasteiger partial charge in [0.1, 0.15) is 11.5 Å². The number of benzene rings is 4. The Kier molecular flexibility index (Phi) is 7.02. The molecule has 204 valence electrons. The molecule has 4 aromatic rings. The van der Waals surface area contributed by atoms with Crippen LogP contribution in [0.5, 0.6) is 11.5 Å². The molecule has 10 nitrogen and oxygen atoms in total. The van der Waals surface area contributed by atoms with Crippen molar-refractivity contribution in [3.63, 3.8) is 0 Å². The van der Waals surface area contributed by atoms with Gasteiger partial charge in [-0.3, -0.25) is 0 Å². The second kappa shape index (κ2) is 10.3. The zero-order chi connectivity index (χ0) is 29.4. The summed E-state index contributed by atoms with van der Waals surface area (Å²) < 4.78 is 0. The van der Waals surface area contributed by atoms with E-state index in [1.807, 2.05) is 0 Å². The lowest BCUT2D eigenvalue weighted by Crippen LogP contribution is -2.32. The first-order chi connectivity index (χ1) is 18.8. The van der Waals surface area contributed by atoms with Gasteiger partial charge in [-0.15, -0.1) is 0 Å². The summed E-state index contributed by atoms with van der Waals surface area (Å²) in [6, 6.07) is 18.2. The van der Waals surface area contributed by atoms with Crippen LogP contribution in [0, 0.1) is 0 Å². The molecule has 0 aliphatic rings. The molecule has 0 saturated carbocycles. The number of rotatable bonds is 8. The summed E-state index contributed by atoms with van der Waals surface area (Å²) in [6.07, 6.45) is 0.0475. The third-order valence-electron chi connectivity index (χ3n) is 7.01.